The first kappa shape index (κ1) is 14.6. The van der Waals surface area contributed by atoms with E-state index in [1.165, 1.54) is 0 Å². The van der Waals surface area contributed by atoms with E-state index in [4.69, 9.17) is 5.11 Å². The van der Waals surface area contributed by atoms with E-state index in [2.05, 4.69) is 10.1 Å². The zero-order chi connectivity index (χ0) is 13.8. The smallest absolute Gasteiger partial charge is 0.411 e. The number of hydrogen-bond donors (Lipinski definition) is 3. The summed E-state index contributed by atoms with van der Waals surface area (Å²) in [7, 11) is 0. The van der Waals surface area contributed by atoms with Crippen LogP contribution >= 0.6 is 0 Å². The SMILES string of the molecule is O=C(O)COCCNC(=O)NC1(C(F)(F)F)CC1. The van der Waals surface area contributed by atoms with Crippen molar-refractivity contribution in [2.75, 3.05) is 19.8 Å². The molecule has 1 aliphatic carbocycles. The van der Waals surface area contributed by atoms with Crippen molar-refractivity contribution in [3.05, 3.63) is 0 Å². The van der Waals surface area contributed by atoms with Crippen LogP contribution in [-0.4, -0.2) is 48.6 Å². The molecule has 6 nitrogen and oxygen atoms in total. The Hall–Kier alpha value is -1.51. The number of carbonyl (C=O) groups excluding carboxylic acids is 1. The Morgan fingerprint density at radius 3 is 2.39 bits per heavy atom. The van der Waals surface area contributed by atoms with Gasteiger partial charge in [-0.1, -0.05) is 0 Å². The fourth-order valence-corrected chi connectivity index (χ4v) is 1.26. The van der Waals surface area contributed by atoms with Crippen molar-refractivity contribution in [1.29, 1.82) is 0 Å². The van der Waals surface area contributed by atoms with Crippen LogP contribution in [0.25, 0.3) is 0 Å². The number of rotatable bonds is 6. The van der Waals surface area contributed by atoms with E-state index in [1.54, 1.807) is 0 Å². The zero-order valence-electron chi connectivity index (χ0n) is 9.34. The number of carboxylic acid groups (broad SMARTS) is 1. The van der Waals surface area contributed by atoms with Crippen molar-refractivity contribution in [3.63, 3.8) is 0 Å². The largest absolute Gasteiger partial charge is 0.480 e. The van der Waals surface area contributed by atoms with Gasteiger partial charge in [0.15, 0.2) is 0 Å². The van der Waals surface area contributed by atoms with Gasteiger partial charge in [0, 0.05) is 6.54 Å². The summed E-state index contributed by atoms with van der Waals surface area (Å²) in [5.74, 6) is -1.16. The van der Waals surface area contributed by atoms with Crippen molar-refractivity contribution >= 4 is 12.0 Å². The highest BCUT2D eigenvalue weighted by Gasteiger charge is 2.64. The molecule has 0 aromatic rings. The van der Waals surface area contributed by atoms with E-state index in [9.17, 15) is 22.8 Å². The van der Waals surface area contributed by atoms with Gasteiger partial charge in [0.05, 0.1) is 6.61 Å². The van der Waals surface area contributed by atoms with Gasteiger partial charge in [-0.25, -0.2) is 9.59 Å². The number of halogens is 3. The van der Waals surface area contributed by atoms with Crippen LogP contribution in [0.3, 0.4) is 0 Å². The van der Waals surface area contributed by atoms with Gasteiger partial charge >= 0.3 is 18.2 Å². The van der Waals surface area contributed by atoms with Crippen LogP contribution in [0, 0.1) is 0 Å². The summed E-state index contributed by atoms with van der Waals surface area (Å²) in [6.07, 6.45) is -4.71. The van der Waals surface area contributed by atoms with Gasteiger partial charge in [0.2, 0.25) is 0 Å². The Labute approximate surface area is 100 Å². The minimum Gasteiger partial charge on any atom is -0.480 e. The molecule has 0 saturated heterocycles. The molecule has 0 radical (unpaired) electrons. The highest BCUT2D eigenvalue weighted by atomic mass is 19.4. The second-order valence-corrected chi connectivity index (χ2v) is 3.91. The predicted octanol–water partition coefficient (Wildman–Crippen LogP) is 0.482. The Bertz CT molecular complexity index is 328. The molecule has 3 N–H and O–H groups in total. The molecule has 0 heterocycles. The number of aliphatic carboxylic acids is 1. The van der Waals surface area contributed by atoms with Crippen LogP contribution in [0.4, 0.5) is 18.0 Å². The first-order chi connectivity index (χ1) is 8.27. The van der Waals surface area contributed by atoms with E-state index < -0.39 is 30.3 Å². The topological polar surface area (TPSA) is 87.7 Å². The number of amides is 2. The van der Waals surface area contributed by atoms with Crippen LogP contribution in [-0.2, 0) is 9.53 Å². The summed E-state index contributed by atoms with van der Waals surface area (Å²) in [6.45, 7) is -0.665. The second-order valence-electron chi connectivity index (χ2n) is 3.91. The van der Waals surface area contributed by atoms with Crippen molar-refractivity contribution in [2.24, 2.45) is 0 Å². The molecule has 9 heteroatoms. The minimum absolute atomic E-state index is 0.0624. The van der Waals surface area contributed by atoms with E-state index in [-0.39, 0.29) is 26.0 Å². The second kappa shape index (κ2) is 5.42. The van der Waals surface area contributed by atoms with Crippen molar-refractivity contribution in [1.82, 2.24) is 10.6 Å². The van der Waals surface area contributed by atoms with Crippen LogP contribution in [0.1, 0.15) is 12.8 Å². The van der Waals surface area contributed by atoms with Gasteiger partial charge in [-0.3, -0.25) is 0 Å². The summed E-state index contributed by atoms with van der Waals surface area (Å²) in [5.41, 5.74) is -2.10. The van der Waals surface area contributed by atoms with E-state index in [0.717, 1.165) is 0 Å². The maximum Gasteiger partial charge on any atom is 0.411 e. The quantitative estimate of drug-likeness (QED) is 0.613. The standard InChI is InChI=1S/C9H13F3N2O4/c10-9(11,12)8(1-2-8)14-7(17)13-3-4-18-5-6(15)16/h1-5H2,(H,15,16)(H2,13,14,17). The molecule has 1 fully saturated rings. The predicted molar refractivity (Wildman–Crippen MR) is 53.0 cm³/mol. The molecule has 1 aliphatic rings. The number of hydrogen-bond acceptors (Lipinski definition) is 3. The fraction of sp³-hybridized carbons (Fsp3) is 0.778. The van der Waals surface area contributed by atoms with Gasteiger partial charge in [-0.15, -0.1) is 0 Å². The Balaban J connectivity index is 2.17. The number of alkyl halides is 3. The normalized spacial score (nSPS) is 17.1. The molecule has 1 saturated carbocycles. The average Bonchev–Trinajstić information content (AvgIpc) is 2.96. The summed E-state index contributed by atoms with van der Waals surface area (Å²) in [6, 6.07) is -0.941. The van der Waals surface area contributed by atoms with Crippen molar-refractivity contribution in [3.8, 4) is 0 Å². The lowest BCUT2D eigenvalue weighted by molar-refractivity contribution is -0.162. The number of carboxylic acids is 1. The summed E-state index contributed by atoms with van der Waals surface area (Å²) in [5, 5.41) is 12.2. The molecule has 0 aromatic heterocycles. The third-order valence-corrected chi connectivity index (χ3v) is 2.40. The molecular weight excluding hydrogens is 257 g/mol. The lowest BCUT2D eigenvalue weighted by Crippen LogP contribution is -2.51. The third-order valence-electron chi connectivity index (χ3n) is 2.40. The van der Waals surface area contributed by atoms with Crippen LogP contribution < -0.4 is 10.6 Å². The van der Waals surface area contributed by atoms with Crippen molar-refractivity contribution < 1.29 is 32.6 Å². The number of urea groups is 1. The van der Waals surface area contributed by atoms with Crippen molar-refractivity contribution in [2.45, 2.75) is 24.6 Å². The van der Waals surface area contributed by atoms with Crippen LogP contribution in [0.2, 0.25) is 0 Å². The minimum atomic E-state index is -4.45. The van der Waals surface area contributed by atoms with E-state index >= 15 is 0 Å². The molecule has 2 amide bonds. The molecule has 1 rings (SSSR count). The average molecular weight is 270 g/mol. The fourth-order valence-electron chi connectivity index (χ4n) is 1.26. The first-order valence-electron chi connectivity index (χ1n) is 5.19. The lowest BCUT2D eigenvalue weighted by atomic mass is 10.3. The maximum absolute atomic E-state index is 12.5. The molecule has 0 spiro atoms. The highest BCUT2D eigenvalue weighted by molar-refractivity contribution is 5.75. The van der Waals surface area contributed by atoms with Crippen LogP contribution in [0.5, 0.6) is 0 Å². The molecule has 0 bridgehead atoms. The number of carbonyl (C=O) groups is 2. The number of ether oxygens (including phenoxy) is 1. The summed E-state index contributed by atoms with van der Waals surface area (Å²) < 4.78 is 42.0. The molecule has 0 unspecified atom stereocenters. The molecule has 104 valence electrons. The van der Waals surface area contributed by atoms with Gasteiger partial charge in [0.25, 0.3) is 0 Å². The Kier molecular flexibility index (Phi) is 4.38. The Morgan fingerprint density at radius 1 is 1.33 bits per heavy atom. The maximum atomic E-state index is 12.5. The molecule has 0 aromatic carbocycles. The van der Waals surface area contributed by atoms with E-state index in [0.29, 0.717) is 0 Å². The first-order valence-corrected chi connectivity index (χ1v) is 5.19. The van der Waals surface area contributed by atoms with Gasteiger partial charge in [-0.05, 0) is 12.8 Å². The van der Waals surface area contributed by atoms with E-state index in [1.807, 2.05) is 5.32 Å². The Morgan fingerprint density at radius 2 is 1.94 bits per heavy atom. The molecule has 0 atom stereocenters. The number of nitrogens with one attached hydrogen (secondary N) is 2. The van der Waals surface area contributed by atoms with Gasteiger partial charge in [0.1, 0.15) is 12.1 Å². The zero-order valence-corrected chi connectivity index (χ0v) is 9.34. The third kappa shape index (κ3) is 4.06. The molecule has 18 heavy (non-hydrogen) atoms. The van der Waals surface area contributed by atoms with Crippen LogP contribution in [0.15, 0.2) is 0 Å². The molecule has 0 aliphatic heterocycles. The summed E-state index contributed by atoms with van der Waals surface area (Å²) in [4.78, 5) is 21.2. The highest BCUT2D eigenvalue weighted by Crippen LogP contribution is 2.48. The molecular formula is C9H13F3N2O4. The van der Waals surface area contributed by atoms with Gasteiger partial charge < -0.3 is 20.5 Å². The monoisotopic (exact) mass is 270 g/mol. The van der Waals surface area contributed by atoms with Gasteiger partial charge in [-0.2, -0.15) is 13.2 Å². The summed E-state index contributed by atoms with van der Waals surface area (Å²) >= 11 is 0. The lowest BCUT2D eigenvalue weighted by Gasteiger charge is -2.20.